The maximum Gasteiger partial charge on any atom is 0.417 e. The predicted octanol–water partition coefficient (Wildman–Crippen LogP) is 4.92. The number of benzene rings is 1. The summed E-state index contributed by atoms with van der Waals surface area (Å²) < 4.78 is 39.2. The Labute approximate surface area is 146 Å². The summed E-state index contributed by atoms with van der Waals surface area (Å²) >= 11 is 6.12. The molecule has 0 aromatic heterocycles. The van der Waals surface area contributed by atoms with E-state index < -0.39 is 11.7 Å². The molecule has 0 aliphatic carbocycles. The van der Waals surface area contributed by atoms with Crippen LogP contribution in [0.2, 0.25) is 5.02 Å². The summed E-state index contributed by atoms with van der Waals surface area (Å²) in [5.41, 5.74) is -0.129. The predicted molar refractivity (Wildman–Crippen MR) is 90.4 cm³/mol. The molecule has 0 amide bonds. The van der Waals surface area contributed by atoms with Crippen molar-refractivity contribution in [3.05, 3.63) is 34.3 Å². The Morgan fingerprint density at radius 3 is 2.48 bits per heavy atom. The summed E-state index contributed by atoms with van der Waals surface area (Å²) in [7, 11) is 0. The van der Waals surface area contributed by atoms with Gasteiger partial charge in [0, 0.05) is 32.2 Å². The number of nitrogens with one attached hydrogen (secondary N) is 1. The highest BCUT2D eigenvalue weighted by Crippen LogP contribution is 2.40. The van der Waals surface area contributed by atoms with Gasteiger partial charge in [0.1, 0.15) is 0 Å². The van der Waals surface area contributed by atoms with Crippen molar-refractivity contribution < 1.29 is 13.2 Å². The van der Waals surface area contributed by atoms with E-state index in [9.17, 15) is 13.2 Å². The Morgan fingerprint density at radius 1 is 1.26 bits per heavy atom. The smallest absolute Gasteiger partial charge is 0.314 e. The highest BCUT2D eigenvalue weighted by Gasteiger charge is 2.35. The van der Waals surface area contributed by atoms with Crippen LogP contribution in [-0.4, -0.2) is 31.1 Å². The van der Waals surface area contributed by atoms with Gasteiger partial charge in [-0.15, -0.1) is 12.4 Å². The van der Waals surface area contributed by atoms with E-state index in [2.05, 4.69) is 17.1 Å². The number of halogens is 5. The Hall–Kier alpha value is -0.490. The maximum absolute atomic E-state index is 13.1. The van der Waals surface area contributed by atoms with Crippen LogP contribution in [0.15, 0.2) is 18.2 Å². The van der Waals surface area contributed by atoms with Gasteiger partial charge in [0.15, 0.2) is 0 Å². The Kier molecular flexibility index (Phi) is 8.14. The molecule has 1 aliphatic rings. The Bertz CT molecular complexity index is 489. The molecule has 1 fully saturated rings. The van der Waals surface area contributed by atoms with E-state index in [-0.39, 0.29) is 23.5 Å². The molecule has 1 aromatic rings. The van der Waals surface area contributed by atoms with Gasteiger partial charge in [0.05, 0.1) is 10.6 Å². The summed E-state index contributed by atoms with van der Waals surface area (Å²) in [6.07, 6.45) is -1.59. The minimum atomic E-state index is -4.41. The zero-order valence-corrected chi connectivity index (χ0v) is 14.7. The third-order valence-corrected chi connectivity index (χ3v) is 4.54. The number of unbranched alkanes of at least 4 members (excludes halogenated alkanes) is 1. The van der Waals surface area contributed by atoms with E-state index in [0.29, 0.717) is 5.56 Å². The van der Waals surface area contributed by atoms with Crippen molar-refractivity contribution in [3.63, 3.8) is 0 Å². The number of hydrogen-bond acceptors (Lipinski definition) is 2. The Morgan fingerprint density at radius 2 is 1.91 bits per heavy atom. The molecule has 0 radical (unpaired) electrons. The molecule has 0 unspecified atom stereocenters. The molecule has 23 heavy (non-hydrogen) atoms. The summed E-state index contributed by atoms with van der Waals surface area (Å²) in [4.78, 5) is 2.24. The summed E-state index contributed by atoms with van der Waals surface area (Å²) in [5.74, 6) is 0. The second-order valence-corrected chi connectivity index (χ2v) is 6.03. The van der Waals surface area contributed by atoms with Crippen molar-refractivity contribution in [1.29, 1.82) is 0 Å². The molecule has 0 spiro atoms. The molecule has 1 aliphatic heterocycles. The molecule has 1 saturated heterocycles. The van der Waals surface area contributed by atoms with E-state index in [0.717, 1.165) is 51.5 Å². The van der Waals surface area contributed by atoms with E-state index in [1.54, 1.807) is 6.07 Å². The summed E-state index contributed by atoms with van der Waals surface area (Å²) in [6.45, 7) is 5.48. The van der Waals surface area contributed by atoms with Gasteiger partial charge >= 0.3 is 6.18 Å². The van der Waals surface area contributed by atoms with Crippen LogP contribution in [0.4, 0.5) is 13.2 Å². The second kappa shape index (κ2) is 9.11. The first-order chi connectivity index (χ1) is 10.4. The van der Waals surface area contributed by atoms with Crippen molar-refractivity contribution in [2.45, 2.75) is 38.4 Å². The first kappa shape index (κ1) is 20.6. The van der Waals surface area contributed by atoms with Crippen molar-refractivity contribution in [2.24, 2.45) is 0 Å². The lowest BCUT2D eigenvalue weighted by Gasteiger charge is -2.36. The lowest BCUT2D eigenvalue weighted by Crippen LogP contribution is -2.45. The summed E-state index contributed by atoms with van der Waals surface area (Å²) in [6, 6.07) is 4.21. The lowest BCUT2D eigenvalue weighted by atomic mass is 9.96. The van der Waals surface area contributed by atoms with Crippen LogP contribution in [0.5, 0.6) is 0 Å². The van der Waals surface area contributed by atoms with Crippen molar-refractivity contribution in [1.82, 2.24) is 10.2 Å². The van der Waals surface area contributed by atoms with Crippen LogP contribution in [0.1, 0.15) is 43.4 Å². The van der Waals surface area contributed by atoms with E-state index >= 15 is 0 Å². The standard InChI is InChI=1S/C16H22ClF3N2.ClH/c1-2-3-7-14(22-10-8-21-9-11-22)12-5-4-6-13(15(12)17)16(18,19)20;/h4-6,14,21H,2-3,7-11H2,1H3;1H/t14-;/m1./s1. The van der Waals surface area contributed by atoms with Gasteiger partial charge in [-0.05, 0) is 18.1 Å². The average molecular weight is 371 g/mol. The normalized spacial score (nSPS) is 17.6. The molecule has 1 heterocycles. The molecule has 1 N–H and O–H groups in total. The molecule has 1 aromatic carbocycles. The number of nitrogens with zero attached hydrogens (tertiary/aromatic N) is 1. The average Bonchev–Trinajstić information content (AvgIpc) is 2.49. The van der Waals surface area contributed by atoms with Gasteiger partial charge in [-0.2, -0.15) is 13.2 Å². The fourth-order valence-electron chi connectivity index (χ4n) is 2.95. The van der Waals surface area contributed by atoms with Gasteiger partial charge in [0.25, 0.3) is 0 Å². The minimum Gasteiger partial charge on any atom is -0.314 e. The molecular weight excluding hydrogens is 348 g/mol. The summed E-state index contributed by atoms with van der Waals surface area (Å²) in [5, 5.41) is 3.13. The van der Waals surface area contributed by atoms with Gasteiger partial charge in [-0.1, -0.05) is 43.5 Å². The van der Waals surface area contributed by atoms with Crippen molar-refractivity contribution >= 4 is 24.0 Å². The number of rotatable bonds is 5. The van der Waals surface area contributed by atoms with Crippen LogP contribution in [0.3, 0.4) is 0 Å². The first-order valence-corrected chi connectivity index (χ1v) is 8.13. The van der Waals surface area contributed by atoms with Crippen molar-refractivity contribution in [3.8, 4) is 0 Å². The fraction of sp³-hybridized carbons (Fsp3) is 0.625. The van der Waals surface area contributed by atoms with Crippen molar-refractivity contribution in [2.75, 3.05) is 26.2 Å². The van der Waals surface area contributed by atoms with Crippen LogP contribution in [0.25, 0.3) is 0 Å². The van der Waals surface area contributed by atoms with Gasteiger partial charge < -0.3 is 5.32 Å². The SMILES string of the molecule is CCCC[C@H](c1cccc(C(F)(F)F)c1Cl)N1CCNCC1.Cl. The molecule has 132 valence electrons. The van der Waals surface area contributed by atoms with E-state index in [1.807, 2.05) is 0 Å². The molecular formula is C16H23Cl2F3N2. The zero-order chi connectivity index (χ0) is 16.2. The topological polar surface area (TPSA) is 15.3 Å². The van der Waals surface area contributed by atoms with E-state index in [4.69, 9.17) is 11.6 Å². The number of alkyl halides is 3. The third kappa shape index (κ3) is 5.24. The van der Waals surface area contributed by atoms with Crippen LogP contribution in [0, 0.1) is 0 Å². The molecule has 2 nitrogen and oxygen atoms in total. The Balaban J connectivity index is 0.00000264. The van der Waals surface area contributed by atoms with Crippen LogP contribution in [-0.2, 0) is 6.18 Å². The molecule has 1 atom stereocenters. The zero-order valence-electron chi connectivity index (χ0n) is 13.1. The maximum atomic E-state index is 13.1. The second-order valence-electron chi connectivity index (χ2n) is 5.65. The highest BCUT2D eigenvalue weighted by atomic mass is 35.5. The third-order valence-electron chi connectivity index (χ3n) is 4.12. The quantitative estimate of drug-likeness (QED) is 0.791. The van der Waals surface area contributed by atoms with Gasteiger partial charge in [-0.25, -0.2) is 0 Å². The molecule has 0 bridgehead atoms. The highest BCUT2D eigenvalue weighted by molar-refractivity contribution is 6.32. The van der Waals surface area contributed by atoms with Gasteiger partial charge in [0.2, 0.25) is 0 Å². The molecule has 7 heteroatoms. The largest absolute Gasteiger partial charge is 0.417 e. The van der Waals surface area contributed by atoms with E-state index in [1.165, 1.54) is 6.07 Å². The molecule has 2 rings (SSSR count). The fourth-order valence-corrected chi connectivity index (χ4v) is 3.31. The van der Waals surface area contributed by atoms with Crippen LogP contribution < -0.4 is 5.32 Å². The van der Waals surface area contributed by atoms with Crippen LogP contribution >= 0.6 is 24.0 Å². The first-order valence-electron chi connectivity index (χ1n) is 7.75. The van der Waals surface area contributed by atoms with Gasteiger partial charge in [-0.3, -0.25) is 4.90 Å². The number of piperazine rings is 1. The molecule has 0 saturated carbocycles. The minimum absolute atomic E-state index is 0. The number of hydrogen-bond donors (Lipinski definition) is 1. The monoisotopic (exact) mass is 370 g/mol. The lowest BCUT2D eigenvalue weighted by molar-refractivity contribution is -0.137.